The lowest BCUT2D eigenvalue weighted by molar-refractivity contribution is 0.921. The molecule has 17 heavy (non-hydrogen) atoms. The summed E-state index contributed by atoms with van der Waals surface area (Å²) in [5.74, 6) is 5.20. The van der Waals surface area contributed by atoms with E-state index in [0.29, 0.717) is 0 Å². The molecule has 4 nitrogen and oxygen atoms in total. The number of aryl methyl sites for hydroxylation is 1. The number of thioether (sulfide) groups is 1. The van der Waals surface area contributed by atoms with Gasteiger partial charge in [0.2, 0.25) is 0 Å². The summed E-state index contributed by atoms with van der Waals surface area (Å²) in [5.41, 5.74) is 2.00. The maximum Gasteiger partial charge on any atom is 0.152 e. The first-order valence-electron chi connectivity index (χ1n) is 5.37. The van der Waals surface area contributed by atoms with Crippen LogP contribution >= 0.6 is 11.8 Å². The van der Waals surface area contributed by atoms with E-state index in [-0.39, 0.29) is 0 Å². The Morgan fingerprint density at radius 3 is 3.29 bits per heavy atom. The Balaban J connectivity index is 2.01. The first kappa shape index (κ1) is 11.8. The first-order chi connectivity index (χ1) is 8.31. The van der Waals surface area contributed by atoms with E-state index in [0.717, 1.165) is 35.1 Å². The van der Waals surface area contributed by atoms with Gasteiger partial charge in [-0.1, -0.05) is 5.92 Å². The van der Waals surface area contributed by atoms with Gasteiger partial charge in [-0.25, -0.2) is 9.50 Å². The van der Waals surface area contributed by atoms with Crippen molar-refractivity contribution in [3.63, 3.8) is 0 Å². The molecule has 2 heterocycles. The summed E-state index contributed by atoms with van der Waals surface area (Å²) in [7, 11) is 0. The standard InChI is InChI=1S/C12H14N4S/c1-3-7-17-8-5-14-12-11-9-10(2)15-16(11)6-4-13-12/h1,4,6,9H,5,7-8H2,2H3,(H,13,14). The molecule has 0 amide bonds. The van der Waals surface area contributed by atoms with Crippen LogP contribution < -0.4 is 5.32 Å². The fourth-order valence-electron chi connectivity index (χ4n) is 1.55. The summed E-state index contributed by atoms with van der Waals surface area (Å²) >= 11 is 1.73. The van der Waals surface area contributed by atoms with Crippen LogP contribution in [0.3, 0.4) is 0 Å². The first-order valence-corrected chi connectivity index (χ1v) is 6.53. The minimum atomic E-state index is 0.755. The molecule has 0 aliphatic carbocycles. The number of hydrogen-bond donors (Lipinski definition) is 1. The second-order valence-electron chi connectivity index (χ2n) is 3.57. The van der Waals surface area contributed by atoms with Crippen molar-refractivity contribution in [3.8, 4) is 12.3 Å². The van der Waals surface area contributed by atoms with Crippen molar-refractivity contribution in [2.45, 2.75) is 6.92 Å². The summed E-state index contributed by atoms with van der Waals surface area (Å²) in [6.45, 7) is 2.82. The lowest BCUT2D eigenvalue weighted by Crippen LogP contribution is -2.07. The molecule has 0 saturated heterocycles. The van der Waals surface area contributed by atoms with Gasteiger partial charge >= 0.3 is 0 Å². The number of terminal acetylenes is 1. The monoisotopic (exact) mass is 246 g/mol. The van der Waals surface area contributed by atoms with E-state index in [2.05, 4.69) is 21.3 Å². The van der Waals surface area contributed by atoms with E-state index >= 15 is 0 Å². The molecule has 0 bridgehead atoms. The Hall–Kier alpha value is -1.67. The molecule has 0 aliphatic rings. The van der Waals surface area contributed by atoms with Crippen molar-refractivity contribution in [2.24, 2.45) is 0 Å². The Morgan fingerprint density at radius 2 is 2.47 bits per heavy atom. The van der Waals surface area contributed by atoms with Crippen molar-refractivity contribution in [1.29, 1.82) is 0 Å². The Bertz CT molecular complexity index is 541. The molecule has 0 saturated carbocycles. The number of anilines is 1. The minimum Gasteiger partial charge on any atom is -0.367 e. The van der Waals surface area contributed by atoms with Gasteiger partial charge in [0, 0.05) is 24.7 Å². The molecule has 0 aliphatic heterocycles. The lowest BCUT2D eigenvalue weighted by atomic mass is 10.4. The maximum absolute atomic E-state index is 5.18. The van der Waals surface area contributed by atoms with E-state index in [9.17, 15) is 0 Å². The summed E-state index contributed by atoms with van der Waals surface area (Å²) in [4.78, 5) is 4.32. The van der Waals surface area contributed by atoms with Crippen LogP contribution in [0.4, 0.5) is 5.82 Å². The highest BCUT2D eigenvalue weighted by molar-refractivity contribution is 7.99. The Morgan fingerprint density at radius 1 is 1.59 bits per heavy atom. The zero-order valence-electron chi connectivity index (χ0n) is 9.68. The van der Waals surface area contributed by atoms with Gasteiger partial charge in [0.25, 0.3) is 0 Å². The second-order valence-corrected chi connectivity index (χ2v) is 4.68. The molecule has 0 unspecified atom stereocenters. The van der Waals surface area contributed by atoms with Gasteiger partial charge in [-0.05, 0) is 13.0 Å². The molecule has 0 fully saturated rings. The number of hydrogen-bond acceptors (Lipinski definition) is 4. The number of rotatable bonds is 5. The molecule has 0 aromatic carbocycles. The number of nitrogens with one attached hydrogen (secondary N) is 1. The number of nitrogens with zero attached hydrogens (tertiary/aromatic N) is 3. The van der Waals surface area contributed by atoms with Crippen LogP contribution in [-0.4, -0.2) is 32.6 Å². The smallest absolute Gasteiger partial charge is 0.152 e. The molecule has 0 spiro atoms. The molecule has 5 heteroatoms. The van der Waals surface area contributed by atoms with Gasteiger partial charge in [-0.15, -0.1) is 18.2 Å². The van der Waals surface area contributed by atoms with Crippen molar-refractivity contribution >= 4 is 23.1 Å². The summed E-state index contributed by atoms with van der Waals surface area (Å²) in [5, 5.41) is 7.63. The normalized spacial score (nSPS) is 10.4. The third kappa shape index (κ3) is 2.92. The molecule has 2 rings (SSSR count). The van der Waals surface area contributed by atoms with Crippen LogP contribution in [0, 0.1) is 19.3 Å². The maximum atomic E-state index is 5.18. The van der Waals surface area contributed by atoms with E-state index in [1.54, 1.807) is 18.0 Å². The van der Waals surface area contributed by atoms with Crippen molar-refractivity contribution in [2.75, 3.05) is 23.4 Å². The summed E-state index contributed by atoms with van der Waals surface area (Å²) in [6, 6.07) is 2.02. The van der Waals surface area contributed by atoms with Crippen LogP contribution in [0.2, 0.25) is 0 Å². The van der Waals surface area contributed by atoms with Crippen molar-refractivity contribution in [1.82, 2.24) is 14.6 Å². The largest absolute Gasteiger partial charge is 0.367 e. The van der Waals surface area contributed by atoms with Gasteiger partial charge in [0.1, 0.15) is 5.52 Å². The molecule has 2 aromatic heterocycles. The van der Waals surface area contributed by atoms with Gasteiger partial charge in [-0.2, -0.15) is 5.10 Å². The molecule has 88 valence electrons. The van der Waals surface area contributed by atoms with Gasteiger partial charge in [-0.3, -0.25) is 0 Å². The average Bonchev–Trinajstić information content (AvgIpc) is 2.70. The van der Waals surface area contributed by atoms with Crippen molar-refractivity contribution < 1.29 is 0 Å². The molecule has 0 radical (unpaired) electrons. The summed E-state index contributed by atoms with van der Waals surface area (Å²) in [6.07, 6.45) is 8.78. The highest BCUT2D eigenvalue weighted by Crippen LogP contribution is 2.14. The second kappa shape index (κ2) is 5.60. The van der Waals surface area contributed by atoms with E-state index in [1.807, 2.05) is 23.7 Å². The predicted octanol–water partition coefficient (Wildman–Crippen LogP) is 1.82. The zero-order valence-corrected chi connectivity index (χ0v) is 10.5. The van der Waals surface area contributed by atoms with Gasteiger partial charge in [0.15, 0.2) is 5.82 Å². The average molecular weight is 246 g/mol. The fraction of sp³-hybridized carbons (Fsp3) is 0.333. The van der Waals surface area contributed by atoms with Crippen LogP contribution in [0.25, 0.3) is 5.52 Å². The Kier molecular flexibility index (Phi) is 3.89. The van der Waals surface area contributed by atoms with Gasteiger partial charge in [0.05, 0.1) is 11.4 Å². The quantitative estimate of drug-likeness (QED) is 0.645. The number of fused-ring (bicyclic) bond motifs is 1. The van der Waals surface area contributed by atoms with E-state index < -0.39 is 0 Å². The zero-order chi connectivity index (χ0) is 12.1. The molecular formula is C12H14N4S. The molecule has 2 aromatic rings. The van der Waals surface area contributed by atoms with Gasteiger partial charge < -0.3 is 5.32 Å². The van der Waals surface area contributed by atoms with Crippen LogP contribution in [0.1, 0.15) is 5.69 Å². The fourth-order valence-corrected chi connectivity index (χ4v) is 2.06. The summed E-state index contributed by atoms with van der Waals surface area (Å²) < 4.78 is 1.83. The van der Waals surface area contributed by atoms with E-state index in [4.69, 9.17) is 6.42 Å². The van der Waals surface area contributed by atoms with Crippen molar-refractivity contribution in [3.05, 3.63) is 24.2 Å². The highest BCUT2D eigenvalue weighted by Gasteiger charge is 2.03. The highest BCUT2D eigenvalue weighted by atomic mass is 32.2. The SMILES string of the molecule is C#CCSCCNc1nccn2nc(C)cc12. The predicted molar refractivity (Wildman–Crippen MR) is 72.4 cm³/mol. The molecular weight excluding hydrogens is 232 g/mol. The third-order valence-electron chi connectivity index (χ3n) is 2.24. The Labute approximate surface area is 105 Å². The van der Waals surface area contributed by atoms with Crippen LogP contribution in [0.15, 0.2) is 18.5 Å². The molecule has 1 N–H and O–H groups in total. The lowest BCUT2D eigenvalue weighted by Gasteiger charge is -2.05. The minimum absolute atomic E-state index is 0.755. The topological polar surface area (TPSA) is 42.2 Å². The van der Waals surface area contributed by atoms with Crippen LogP contribution in [0.5, 0.6) is 0 Å². The van der Waals surface area contributed by atoms with E-state index in [1.165, 1.54) is 0 Å². The van der Waals surface area contributed by atoms with Crippen LogP contribution in [-0.2, 0) is 0 Å². The number of aromatic nitrogens is 3. The third-order valence-corrected chi connectivity index (χ3v) is 3.10. The molecule has 0 atom stereocenters.